The Bertz CT molecular complexity index is 567. The molecule has 1 fully saturated rings. The van der Waals surface area contributed by atoms with E-state index in [1.54, 1.807) is 0 Å². The van der Waals surface area contributed by atoms with Crippen LogP contribution >= 0.6 is 0 Å². The summed E-state index contributed by atoms with van der Waals surface area (Å²) < 4.78 is 28.9. The summed E-state index contributed by atoms with van der Waals surface area (Å²) >= 11 is 0. The van der Waals surface area contributed by atoms with Crippen molar-refractivity contribution < 1.29 is 28.2 Å². The molecule has 8 heteroatoms. The molecule has 1 amide bonds. The van der Waals surface area contributed by atoms with Crippen molar-refractivity contribution in [3.8, 4) is 5.75 Å². The number of amides is 1. The van der Waals surface area contributed by atoms with Crippen molar-refractivity contribution in [2.45, 2.75) is 18.6 Å². The quantitative estimate of drug-likeness (QED) is 0.862. The van der Waals surface area contributed by atoms with E-state index >= 15 is 0 Å². The smallest absolute Gasteiger partial charge is 0.387 e. The van der Waals surface area contributed by atoms with E-state index in [1.165, 1.54) is 29.2 Å². The maximum Gasteiger partial charge on any atom is 0.387 e. The minimum absolute atomic E-state index is 0.0487. The fraction of sp³-hybridized carbons (Fsp3) is 0.385. The van der Waals surface area contributed by atoms with Gasteiger partial charge >= 0.3 is 12.6 Å². The Morgan fingerprint density at radius 3 is 2.62 bits per heavy atom. The van der Waals surface area contributed by atoms with Crippen molar-refractivity contribution in [2.75, 3.05) is 13.1 Å². The number of carboxylic acid groups (broad SMARTS) is 1. The third-order valence-corrected chi connectivity index (χ3v) is 3.35. The van der Waals surface area contributed by atoms with Crippen molar-refractivity contribution in [1.82, 2.24) is 4.90 Å². The number of hydrogen-bond acceptors (Lipinski definition) is 4. The number of aliphatic carboxylic acids is 1. The zero-order valence-corrected chi connectivity index (χ0v) is 11.0. The van der Waals surface area contributed by atoms with Gasteiger partial charge < -0.3 is 20.5 Å². The molecule has 0 spiro atoms. The average molecular weight is 300 g/mol. The maximum atomic E-state index is 12.3. The molecule has 1 aliphatic heterocycles. The predicted molar refractivity (Wildman–Crippen MR) is 68.1 cm³/mol. The third-order valence-electron chi connectivity index (χ3n) is 3.35. The molecule has 114 valence electrons. The molecule has 1 saturated heterocycles. The molecule has 1 unspecified atom stereocenters. The third kappa shape index (κ3) is 3.10. The van der Waals surface area contributed by atoms with Crippen LogP contribution in [0.5, 0.6) is 5.75 Å². The molecule has 3 N–H and O–H groups in total. The molecule has 0 radical (unpaired) electrons. The highest BCUT2D eigenvalue weighted by molar-refractivity contribution is 5.97. The number of carbonyl (C=O) groups is 2. The Morgan fingerprint density at radius 1 is 1.38 bits per heavy atom. The van der Waals surface area contributed by atoms with Gasteiger partial charge in [0.15, 0.2) is 0 Å². The largest absolute Gasteiger partial charge is 0.480 e. The summed E-state index contributed by atoms with van der Waals surface area (Å²) in [5, 5.41) is 9.03. The van der Waals surface area contributed by atoms with Crippen LogP contribution in [0.15, 0.2) is 24.3 Å². The second kappa shape index (κ2) is 5.65. The van der Waals surface area contributed by atoms with Crippen LogP contribution in [-0.2, 0) is 4.79 Å². The molecule has 0 saturated carbocycles. The zero-order valence-electron chi connectivity index (χ0n) is 11.0. The van der Waals surface area contributed by atoms with E-state index in [1.807, 2.05) is 0 Å². The fourth-order valence-electron chi connectivity index (χ4n) is 2.19. The van der Waals surface area contributed by atoms with Crippen molar-refractivity contribution >= 4 is 11.9 Å². The summed E-state index contributed by atoms with van der Waals surface area (Å²) in [5.74, 6) is -2.03. The minimum atomic E-state index is -3.05. The van der Waals surface area contributed by atoms with Crippen LogP contribution in [0.2, 0.25) is 0 Å². The molecule has 1 heterocycles. The highest BCUT2D eigenvalue weighted by atomic mass is 19.3. The summed E-state index contributed by atoms with van der Waals surface area (Å²) in [6, 6.07) is 5.57. The van der Waals surface area contributed by atoms with Gasteiger partial charge in [0.05, 0.1) is 5.56 Å². The van der Waals surface area contributed by atoms with Crippen molar-refractivity contribution in [3.05, 3.63) is 29.8 Å². The number of carboxylic acids is 1. The molecule has 1 aliphatic rings. The first-order valence-electron chi connectivity index (χ1n) is 6.19. The monoisotopic (exact) mass is 300 g/mol. The first-order valence-corrected chi connectivity index (χ1v) is 6.19. The van der Waals surface area contributed by atoms with Crippen molar-refractivity contribution in [3.63, 3.8) is 0 Å². The molecule has 0 bridgehead atoms. The molecule has 0 aromatic heterocycles. The fourth-order valence-corrected chi connectivity index (χ4v) is 2.19. The highest BCUT2D eigenvalue weighted by Crippen LogP contribution is 2.26. The number of rotatable bonds is 4. The Morgan fingerprint density at radius 2 is 2.05 bits per heavy atom. The van der Waals surface area contributed by atoms with Gasteiger partial charge in [-0.05, 0) is 18.6 Å². The number of nitrogens with two attached hydrogens (primary N) is 1. The van der Waals surface area contributed by atoms with Gasteiger partial charge in [0.1, 0.15) is 11.3 Å². The van der Waals surface area contributed by atoms with Gasteiger partial charge in [-0.2, -0.15) is 8.78 Å². The molecule has 6 nitrogen and oxygen atoms in total. The van der Waals surface area contributed by atoms with Crippen LogP contribution in [-0.4, -0.2) is 47.1 Å². The second-order valence-electron chi connectivity index (χ2n) is 4.81. The van der Waals surface area contributed by atoms with Crippen LogP contribution in [0, 0.1) is 0 Å². The number of likely N-dealkylation sites (tertiary alicyclic amines) is 1. The first-order chi connectivity index (χ1) is 9.83. The molecule has 1 aromatic carbocycles. The highest BCUT2D eigenvalue weighted by Gasteiger charge is 2.43. The minimum Gasteiger partial charge on any atom is -0.480 e. The van der Waals surface area contributed by atoms with E-state index in [9.17, 15) is 18.4 Å². The van der Waals surface area contributed by atoms with Crippen LogP contribution in [0.25, 0.3) is 0 Å². The van der Waals surface area contributed by atoms with Gasteiger partial charge in [0, 0.05) is 13.1 Å². The summed E-state index contributed by atoms with van der Waals surface area (Å²) in [4.78, 5) is 24.6. The number of halogens is 2. The average Bonchev–Trinajstić information content (AvgIpc) is 2.82. The summed E-state index contributed by atoms with van der Waals surface area (Å²) in [7, 11) is 0. The topological polar surface area (TPSA) is 92.9 Å². The Balaban J connectivity index is 2.20. The van der Waals surface area contributed by atoms with E-state index < -0.39 is 24.0 Å². The molecular formula is C13H14F2N2O4. The summed E-state index contributed by atoms with van der Waals surface area (Å²) in [5.41, 5.74) is 4.13. The number of benzene rings is 1. The van der Waals surface area contributed by atoms with Crippen LogP contribution < -0.4 is 10.5 Å². The van der Waals surface area contributed by atoms with Gasteiger partial charge in [-0.15, -0.1) is 0 Å². The van der Waals surface area contributed by atoms with Crippen molar-refractivity contribution in [1.29, 1.82) is 0 Å². The second-order valence-corrected chi connectivity index (χ2v) is 4.81. The van der Waals surface area contributed by atoms with Gasteiger partial charge in [0.25, 0.3) is 5.91 Å². The number of ether oxygens (including phenoxy) is 1. The van der Waals surface area contributed by atoms with Gasteiger partial charge in [-0.25, -0.2) is 0 Å². The zero-order chi connectivity index (χ0) is 15.6. The first kappa shape index (κ1) is 15.2. The van der Waals surface area contributed by atoms with Crippen molar-refractivity contribution in [2.24, 2.45) is 5.73 Å². The lowest BCUT2D eigenvalue weighted by Gasteiger charge is -2.21. The molecule has 2 rings (SSSR count). The molecule has 21 heavy (non-hydrogen) atoms. The lowest BCUT2D eigenvalue weighted by molar-refractivity contribution is -0.142. The standard InChI is InChI=1S/C13H14F2N2O4/c14-12(15)21-9-4-2-1-3-8(9)10(18)17-6-5-13(16,7-17)11(19)20/h1-4,12H,5-7,16H2,(H,19,20). The number of para-hydroxylation sites is 1. The molecular weight excluding hydrogens is 286 g/mol. The van der Waals surface area contributed by atoms with E-state index in [4.69, 9.17) is 10.8 Å². The number of carbonyl (C=O) groups excluding carboxylic acids is 1. The van der Waals surface area contributed by atoms with E-state index in [-0.39, 0.29) is 30.8 Å². The van der Waals surface area contributed by atoms with Crippen LogP contribution in [0.4, 0.5) is 8.78 Å². The summed E-state index contributed by atoms with van der Waals surface area (Å²) in [6.07, 6.45) is 0.103. The molecule has 1 aromatic rings. The normalized spacial score (nSPS) is 21.6. The molecule has 1 atom stereocenters. The van der Waals surface area contributed by atoms with Crippen LogP contribution in [0.1, 0.15) is 16.8 Å². The number of nitrogens with zero attached hydrogens (tertiary/aromatic N) is 1. The van der Waals surface area contributed by atoms with Gasteiger partial charge in [-0.1, -0.05) is 12.1 Å². The summed E-state index contributed by atoms with van der Waals surface area (Å²) in [6.45, 7) is -3.08. The number of alkyl halides is 2. The SMILES string of the molecule is NC1(C(=O)O)CCN(C(=O)c2ccccc2OC(F)F)C1. The van der Waals surface area contributed by atoms with E-state index in [0.717, 1.165) is 0 Å². The predicted octanol–water partition coefficient (Wildman–Crippen LogP) is 0.916. The Labute approximate surface area is 119 Å². The Kier molecular flexibility index (Phi) is 4.08. The Hall–Kier alpha value is -2.22. The van der Waals surface area contributed by atoms with E-state index in [0.29, 0.717) is 0 Å². The van der Waals surface area contributed by atoms with Gasteiger partial charge in [0.2, 0.25) is 0 Å². The molecule has 0 aliphatic carbocycles. The van der Waals surface area contributed by atoms with Crippen LogP contribution in [0.3, 0.4) is 0 Å². The number of hydrogen-bond donors (Lipinski definition) is 2. The van der Waals surface area contributed by atoms with E-state index in [2.05, 4.69) is 4.74 Å². The maximum absolute atomic E-state index is 12.3. The van der Waals surface area contributed by atoms with Gasteiger partial charge in [-0.3, -0.25) is 9.59 Å². The lowest BCUT2D eigenvalue weighted by Crippen LogP contribution is -2.50. The lowest BCUT2D eigenvalue weighted by atomic mass is 10.0.